The summed E-state index contributed by atoms with van der Waals surface area (Å²) >= 11 is 0. The van der Waals surface area contributed by atoms with E-state index in [-0.39, 0.29) is 0 Å². The fourth-order valence-electron chi connectivity index (χ4n) is 2.17. The molecule has 0 spiro atoms. The van der Waals surface area contributed by atoms with Crippen LogP contribution >= 0.6 is 0 Å². The zero-order valence-corrected chi connectivity index (χ0v) is 10.8. The smallest absolute Gasteiger partial charge is 0.449 e. The van der Waals surface area contributed by atoms with Crippen molar-refractivity contribution in [2.24, 2.45) is 0 Å². The van der Waals surface area contributed by atoms with Crippen LogP contribution < -0.4 is 4.74 Å². The molecule has 0 aliphatic rings. The van der Waals surface area contributed by atoms with Gasteiger partial charge in [0.1, 0.15) is 5.75 Å². The van der Waals surface area contributed by atoms with Crippen LogP contribution in [0.4, 0.5) is 4.79 Å². The molecule has 2 aromatic carbocycles. The van der Waals surface area contributed by atoms with Gasteiger partial charge in [-0.1, -0.05) is 55.8 Å². The minimum Gasteiger partial charge on any atom is -0.449 e. The molecule has 0 bridgehead atoms. The van der Waals surface area contributed by atoms with Crippen LogP contribution in [0.5, 0.6) is 5.75 Å². The molecule has 0 atom stereocenters. The number of rotatable bonds is 4. The van der Waals surface area contributed by atoms with E-state index in [1.165, 1.54) is 0 Å². The molecule has 98 valence electrons. The van der Waals surface area contributed by atoms with Crippen LogP contribution in [0.25, 0.3) is 11.1 Å². The van der Waals surface area contributed by atoms with Gasteiger partial charge in [-0.3, -0.25) is 0 Å². The van der Waals surface area contributed by atoms with Crippen LogP contribution in [-0.4, -0.2) is 11.3 Å². The van der Waals surface area contributed by atoms with Crippen molar-refractivity contribution in [3.8, 4) is 16.9 Å². The summed E-state index contributed by atoms with van der Waals surface area (Å²) in [4.78, 5) is 10.8. The number of benzene rings is 2. The molecule has 0 heterocycles. The molecule has 0 unspecified atom stereocenters. The summed E-state index contributed by atoms with van der Waals surface area (Å²) in [6.07, 6.45) is 0.600. The first-order chi connectivity index (χ1) is 9.22. The van der Waals surface area contributed by atoms with E-state index in [0.29, 0.717) is 5.75 Å². The van der Waals surface area contributed by atoms with Gasteiger partial charge in [-0.15, -0.1) is 0 Å². The highest BCUT2D eigenvalue weighted by molar-refractivity contribution is 5.77. The van der Waals surface area contributed by atoms with Gasteiger partial charge in [0.05, 0.1) is 0 Å². The Balaban J connectivity index is 2.55. The molecule has 0 saturated heterocycles. The average Bonchev–Trinajstić information content (AvgIpc) is 2.40. The molecule has 0 saturated carbocycles. The predicted molar refractivity (Wildman–Crippen MR) is 74.5 cm³/mol. The molecule has 3 heteroatoms. The van der Waals surface area contributed by atoms with Crippen molar-refractivity contribution in [1.82, 2.24) is 0 Å². The van der Waals surface area contributed by atoms with E-state index in [1.807, 2.05) is 42.5 Å². The molecule has 0 aliphatic carbocycles. The molecular weight excluding hydrogens is 240 g/mol. The summed E-state index contributed by atoms with van der Waals surface area (Å²) in [5.74, 6) is 0.393. The summed E-state index contributed by atoms with van der Waals surface area (Å²) in [5, 5.41) is 8.84. The van der Waals surface area contributed by atoms with Gasteiger partial charge in [0.2, 0.25) is 0 Å². The maximum Gasteiger partial charge on any atom is 0.511 e. The zero-order valence-electron chi connectivity index (χ0n) is 10.8. The van der Waals surface area contributed by atoms with E-state index in [9.17, 15) is 4.79 Å². The van der Waals surface area contributed by atoms with Gasteiger partial charge in [0.15, 0.2) is 0 Å². The van der Waals surface area contributed by atoms with Gasteiger partial charge >= 0.3 is 6.16 Å². The Bertz CT molecular complexity index is 561. The van der Waals surface area contributed by atoms with Gasteiger partial charge in [0.25, 0.3) is 0 Å². The van der Waals surface area contributed by atoms with Gasteiger partial charge in [0, 0.05) is 5.56 Å². The van der Waals surface area contributed by atoms with E-state index in [4.69, 9.17) is 9.84 Å². The summed E-state index contributed by atoms with van der Waals surface area (Å²) in [7, 11) is 0. The fraction of sp³-hybridized carbons (Fsp3) is 0.188. The molecule has 3 nitrogen and oxygen atoms in total. The third-order valence-corrected chi connectivity index (χ3v) is 2.89. The Kier molecular flexibility index (Phi) is 4.18. The summed E-state index contributed by atoms with van der Waals surface area (Å²) < 4.78 is 4.90. The number of aryl methyl sites for hydroxylation is 1. The second-order valence-electron chi connectivity index (χ2n) is 4.27. The Morgan fingerprint density at radius 2 is 1.84 bits per heavy atom. The quantitative estimate of drug-likeness (QED) is 0.653. The third kappa shape index (κ3) is 3.13. The van der Waals surface area contributed by atoms with Crippen molar-refractivity contribution in [3.63, 3.8) is 0 Å². The Morgan fingerprint density at radius 1 is 1.11 bits per heavy atom. The molecule has 0 radical (unpaired) electrons. The lowest BCUT2D eigenvalue weighted by Crippen LogP contribution is -2.05. The first-order valence-corrected chi connectivity index (χ1v) is 6.30. The van der Waals surface area contributed by atoms with Crippen LogP contribution in [0.3, 0.4) is 0 Å². The summed E-state index contributed by atoms with van der Waals surface area (Å²) in [6.45, 7) is 2.10. The van der Waals surface area contributed by atoms with E-state index in [2.05, 4.69) is 6.92 Å². The highest BCUT2D eigenvalue weighted by Crippen LogP contribution is 2.34. The van der Waals surface area contributed by atoms with E-state index < -0.39 is 6.16 Å². The largest absolute Gasteiger partial charge is 0.511 e. The zero-order chi connectivity index (χ0) is 13.7. The van der Waals surface area contributed by atoms with Crippen LogP contribution in [0, 0.1) is 0 Å². The normalized spacial score (nSPS) is 10.2. The lowest BCUT2D eigenvalue weighted by molar-refractivity contribution is 0.144. The maximum absolute atomic E-state index is 10.8. The molecule has 19 heavy (non-hydrogen) atoms. The number of carbonyl (C=O) groups is 1. The van der Waals surface area contributed by atoms with Crippen molar-refractivity contribution in [3.05, 3.63) is 54.1 Å². The number of hydrogen-bond acceptors (Lipinski definition) is 2. The monoisotopic (exact) mass is 256 g/mol. The minimum atomic E-state index is -1.29. The fourth-order valence-corrected chi connectivity index (χ4v) is 2.17. The third-order valence-electron chi connectivity index (χ3n) is 2.89. The Hall–Kier alpha value is -2.29. The van der Waals surface area contributed by atoms with Crippen LogP contribution in [-0.2, 0) is 6.42 Å². The molecular formula is C16H16O3. The van der Waals surface area contributed by atoms with Crippen LogP contribution in [0.1, 0.15) is 18.9 Å². The van der Waals surface area contributed by atoms with Gasteiger partial charge in [-0.05, 0) is 23.6 Å². The van der Waals surface area contributed by atoms with Crippen molar-refractivity contribution >= 4 is 6.16 Å². The second-order valence-corrected chi connectivity index (χ2v) is 4.27. The highest BCUT2D eigenvalue weighted by Gasteiger charge is 2.13. The molecule has 2 rings (SSSR count). The Morgan fingerprint density at radius 3 is 2.47 bits per heavy atom. The van der Waals surface area contributed by atoms with Gasteiger partial charge in [-0.2, -0.15) is 0 Å². The van der Waals surface area contributed by atoms with Crippen LogP contribution in [0.2, 0.25) is 0 Å². The SMILES string of the molecule is CCCc1cccc(OC(=O)O)c1-c1ccccc1. The van der Waals surface area contributed by atoms with Gasteiger partial charge < -0.3 is 9.84 Å². The molecule has 0 fully saturated rings. The van der Waals surface area contributed by atoms with Crippen LogP contribution in [0.15, 0.2) is 48.5 Å². The molecule has 2 aromatic rings. The number of hydrogen-bond donors (Lipinski definition) is 1. The molecule has 1 N–H and O–H groups in total. The Labute approximate surface area is 112 Å². The molecule has 0 amide bonds. The van der Waals surface area contributed by atoms with E-state index in [0.717, 1.165) is 29.5 Å². The average molecular weight is 256 g/mol. The standard InChI is InChI=1S/C16H16O3/c1-2-7-12-10-6-11-14(19-16(17)18)15(12)13-8-4-3-5-9-13/h3-6,8-11H,2,7H2,1H3,(H,17,18). The first kappa shape index (κ1) is 13.1. The van der Waals surface area contributed by atoms with E-state index >= 15 is 0 Å². The van der Waals surface area contributed by atoms with Crippen molar-refractivity contribution in [1.29, 1.82) is 0 Å². The maximum atomic E-state index is 10.8. The summed E-state index contributed by atoms with van der Waals surface area (Å²) in [5.41, 5.74) is 2.95. The molecule has 0 aromatic heterocycles. The van der Waals surface area contributed by atoms with Crippen molar-refractivity contribution < 1.29 is 14.6 Å². The first-order valence-electron chi connectivity index (χ1n) is 6.30. The summed E-state index contributed by atoms with van der Waals surface area (Å²) in [6, 6.07) is 15.3. The second kappa shape index (κ2) is 6.05. The predicted octanol–water partition coefficient (Wildman–Crippen LogP) is 4.36. The lowest BCUT2D eigenvalue weighted by atomic mass is 9.96. The van der Waals surface area contributed by atoms with E-state index in [1.54, 1.807) is 6.07 Å². The number of carboxylic acid groups (broad SMARTS) is 1. The molecule has 0 aliphatic heterocycles. The topological polar surface area (TPSA) is 46.5 Å². The van der Waals surface area contributed by atoms with Crippen molar-refractivity contribution in [2.75, 3.05) is 0 Å². The lowest BCUT2D eigenvalue weighted by Gasteiger charge is -2.13. The highest BCUT2D eigenvalue weighted by atomic mass is 16.7. The minimum absolute atomic E-state index is 0.393. The van der Waals surface area contributed by atoms with Crippen molar-refractivity contribution in [2.45, 2.75) is 19.8 Å². The van der Waals surface area contributed by atoms with Gasteiger partial charge in [-0.25, -0.2) is 4.79 Å². The number of ether oxygens (including phenoxy) is 1.